The number of rotatable bonds is 4. The van der Waals surface area contributed by atoms with Crippen molar-refractivity contribution in [1.29, 1.82) is 0 Å². The van der Waals surface area contributed by atoms with Gasteiger partial charge in [-0.3, -0.25) is 14.9 Å². The molecule has 0 aromatic heterocycles. The highest BCUT2D eigenvalue weighted by Gasteiger charge is 2.25. The summed E-state index contributed by atoms with van der Waals surface area (Å²) < 4.78 is 13.3. The first kappa shape index (κ1) is 14.2. The van der Waals surface area contributed by atoms with Crippen LogP contribution in [0.2, 0.25) is 0 Å². The molecule has 2 rings (SSSR count). The standard InChI is InChI=1S/C13H16FN3O3/c14-10-1-2-11(17(19)20)12(8-10)16-5-3-9(4-6-16)7-13(15)18/h1-2,8-9H,3-7H2,(H2,15,18). The van der Waals surface area contributed by atoms with Gasteiger partial charge in [-0.25, -0.2) is 4.39 Å². The van der Waals surface area contributed by atoms with Gasteiger partial charge in [-0.2, -0.15) is 0 Å². The Bertz CT molecular complexity index is 528. The van der Waals surface area contributed by atoms with Crippen molar-refractivity contribution in [2.75, 3.05) is 18.0 Å². The van der Waals surface area contributed by atoms with Gasteiger partial charge in [-0.05, 0) is 24.8 Å². The Kier molecular flexibility index (Phi) is 4.16. The minimum absolute atomic E-state index is 0.0975. The van der Waals surface area contributed by atoms with Crippen LogP contribution in [0.4, 0.5) is 15.8 Å². The van der Waals surface area contributed by atoms with E-state index < -0.39 is 10.7 Å². The van der Waals surface area contributed by atoms with Crippen LogP contribution in [0.5, 0.6) is 0 Å². The minimum Gasteiger partial charge on any atom is -0.370 e. The van der Waals surface area contributed by atoms with Crippen LogP contribution < -0.4 is 10.6 Å². The summed E-state index contributed by atoms with van der Waals surface area (Å²) in [6.45, 7) is 1.12. The predicted octanol–water partition coefficient (Wildman–Crippen LogP) is 1.83. The van der Waals surface area contributed by atoms with Crippen LogP contribution in [0.25, 0.3) is 0 Å². The number of nitro groups is 1. The lowest BCUT2D eigenvalue weighted by Gasteiger charge is -2.32. The molecule has 0 radical (unpaired) electrons. The largest absolute Gasteiger partial charge is 0.370 e. The fourth-order valence-electron chi connectivity index (χ4n) is 2.57. The number of anilines is 1. The number of halogens is 1. The Balaban J connectivity index is 2.12. The van der Waals surface area contributed by atoms with Crippen LogP contribution in [0.1, 0.15) is 19.3 Å². The Morgan fingerprint density at radius 2 is 2.10 bits per heavy atom. The van der Waals surface area contributed by atoms with Crippen molar-refractivity contribution < 1.29 is 14.1 Å². The van der Waals surface area contributed by atoms with Crippen molar-refractivity contribution in [2.24, 2.45) is 11.7 Å². The molecule has 0 atom stereocenters. The number of nitrogens with zero attached hydrogens (tertiary/aromatic N) is 2. The molecule has 2 N–H and O–H groups in total. The van der Waals surface area contributed by atoms with Gasteiger partial charge in [0.1, 0.15) is 11.5 Å². The highest BCUT2D eigenvalue weighted by molar-refractivity contribution is 5.74. The number of hydrogen-bond donors (Lipinski definition) is 1. The number of benzene rings is 1. The Morgan fingerprint density at radius 1 is 1.45 bits per heavy atom. The SMILES string of the molecule is NC(=O)CC1CCN(c2cc(F)ccc2[N+](=O)[O-])CC1. The summed E-state index contributed by atoms with van der Waals surface area (Å²) in [5.41, 5.74) is 5.36. The second-order valence-corrected chi connectivity index (χ2v) is 4.99. The zero-order valence-corrected chi connectivity index (χ0v) is 10.9. The van der Waals surface area contributed by atoms with E-state index in [0.29, 0.717) is 25.2 Å². The Labute approximate surface area is 115 Å². The Hall–Kier alpha value is -2.18. The monoisotopic (exact) mass is 281 g/mol. The molecule has 1 heterocycles. The molecule has 20 heavy (non-hydrogen) atoms. The number of hydrogen-bond acceptors (Lipinski definition) is 4. The molecule has 1 fully saturated rings. The van der Waals surface area contributed by atoms with Crippen molar-refractivity contribution in [1.82, 2.24) is 0 Å². The average Bonchev–Trinajstić information content (AvgIpc) is 2.38. The van der Waals surface area contributed by atoms with Crippen LogP contribution in [0.15, 0.2) is 18.2 Å². The number of carbonyl (C=O) groups is 1. The Morgan fingerprint density at radius 3 is 2.65 bits per heavy atom. The lowest BCUT2D eigenvalue weighted by Crippen LogP contribution is -2.35. The van der Waals surface area contributed by atoms with Crippen molar-refractivity contribution in [3.05, 3.63) is 34.1 Å². The first-order chi connectivity index (χ1) is 9.47. The number of nitrogens with two attached hydrogens (primary N) is 1. The molecule has 0 unspecified atom stereocenters. The maximum atomic E-state index is 13.3. The van der Waals surface area contributed by atoms with E-state index >= 15 is 0 Å². The average molecular weight is 281 g/mol. The molecule has 6 nitrogen and oxygen atoms in total. The number of piperidine rings is 1. The van der Waals surface area contributed by atoms with Gasteiger partial charge in [0.25, 0.3) is 5.69 Å². The fourth-order valence-corrected chi connectivity index (χ4v) is 2.57. The number of primary amides is 1. The molecule has 1 aliphatic rings. The van der Waals surface area contributed by atoms with E-state index in [1.165, 1.54) is 12.1 Å². The molecule has 0 aliphatic carbocycles. The molecule has 0 spiro atoms. The summed E-state index contributed by atoms with van der Waals surface area (Å²) in [6, 6.07) is 3.45. The second kappa shape index (κ2) is 5.85. The zero-order valence-electron chi connectivity index (χ0n) is 10.9. The normalized spacial score (nSPS) is 16.1. The van der Waals surface area contributed by atoms with Crippen LogP contribution >= 0.6 is 0 Å². The summed E-state index contributed by atoms with van der Waals surface area (Å²) in [4.78, 5) is 23.1. The lowest BCUT2D eigenvalue weighted by molar-refractivity contribution is -0.384. The van der Waals surface area contributed by atoms with Crippen molar-refractivity contribution >= 4 is 17.3 Å². The molecule has 1 aliphatic heterocycles. The smallest absolute Gasteiger partial charge is 0.292 e. The van der Waals surface area contributed by atoms with Crippen molar-refractivity contribution in [3.63, 3.8) is 0 Å². The van der Waals surface area contributed by atoms with Crippen LogP contribution in [0, 0.1) is 21.8 Å². The molecule has 7 heteroatoms. The first-order valence-electron chi connectivity index (χ1n) is 6.44. The molecule has 0 saturated carbocycles. The molecule has 1 aromatic carbocycles. The van der Waals surface area contributed by atoms with E-state index in [1.807, 2.05) is 0 Å². The van der Waals surface area contributed by atoms with Gasteiger partial charge in [0.15, 0.2) is 0 Å². The highest BCUT2D eigenvalue weighted by atomic mass is 19.1. The number of nitro benzene ring substituents is 1. The minimum atomic E-state index is -0.510. The molecule has 1 saturated heterocycles. The third kappa shape index (κ3) is 3.23. The topological polar surface area (TPSA) is 89.5 Å². The van der Waals surface area contributed by atoms with E-state index in [2.05, 4.69) is 0 Å². The molecular formula is C13H16FN3O3. The van der Waals surface area contributed by atoms with Crippen LogP contribution in [-0.4, -0.2) is 23.9 Å². The van der Waals surface area contributed by atoms with Gasteiger partial charge in [-0.15, -0.1) is 0 Å². The van der Waals surface area contributed by atoms with Gasteiger partial charge in [0.2, 0.25) is 5.91 Å². The maximum Gasteiger partial charge on any atom is 0.292 e. The maximum absolute atomic E-state index is 13.3. The van der Waals surface area contributed by atoms with Gasteiger partial charge in [0.05, 0.1) is 4.92 Å². The number of amides is 1. The molecule has 108 valence electrons. The van der Waals surface area contributed by atoms with Gasteiger partial charge in [-0.1, -0.05) is 0 Å². The summed E-state index contributed by atoms with van der Waals surface area (Å²) in [5.74, 6) is -0.624. The second-order valence-electron chi connectivity index (χ2n) is 4.99. The number of carbonyl (C=O) groups excluding carboxylic acids is 1. The van der Waals surface area contributed by atoms with E-state index in [4.69, 9.17) is 5.73 Å². The molecule has 1 amide bonds. The molecule has 1 aromatic rings. The zero-order chi connectivity index (χ0) is 14.7. The summed E-state index contributed by atoms with van der Waals surface area (Å²) in [5, 5.41) is 11.0. The van der Waals surface area contributed by atoms with Crippen LogP contribution in [0.3, 0.4) is 0 Å². The third-order valence-electron chi connectivity index (χ3n) is 3.58. The van der Waals surface area contributed by atoms with E-state index in [-0.39, 0.29) is 17.5 Å². The van der Waals surface area contributed by atoms with E-state index in [9.17, 15) is 19.3 Å². The first-order valence-corrected chi connectivity index (χ1v) is 6.44. The van der Waals surface area contributed by atoms with E-state index in [0.717, 1.165) is 18.9 Å². The molecule has 0 bridgehead atoms. The van der Waals surface area contributed by atoms with Gasteiger partial charge in [0, 0.05) is 31.6 Å². The summed E-state index contributed by atoms with van der Waals surface area (Å²) in [7, 11) is 0. The van der Waals surface area contributed by atoms with Gasteiger partial charge >= 0.3 is 0 Å². The van der Waals surface area contributed by atoms with Crippen molar-refractivity contribution in [3.8, 4) is 0 Å². The third-order valence-corrected chi connectivity index (χ3v) is 3.58. The van der Waals surface area contributed by atoms with Crippen molar-refractivity contribution in [2.45, 2.75) is 19.3 Å². The van der Waals surface area contributed by atoms with Gasteiger partial charge < -0.3 is 10.6 Å². The fraction of sp³-hybridized carbons (Fsp3) is 0.462. The summed E-state index contributed by atoms with van der Waals surface area (Å²) in [6.07, 6.45) is 1.77. The highest BCUT2D eigenvalue weighted by Crippen LogP contribution is 2.32. The predicted molar refractivity (Wildman–Crippen MR) is 71.8 cm³/mol. The molecular weight excluding hydrogens is 265 g/mol. The lowest BCUT2D eigenvalue weighted by atomic mass is 9.93. The quantitative estimate of drug-likeness (QED) is 0.673. The summed E-state index contributed by atoms with van der Waals surface area (Å²) >= 11 is 0. The van der Waals surface area contributed by atoms with Crippen LogP contribution in [-0.2, 0) is 4.79 Å². The van der Waals surface area contributed by atoms with E-state index in [1.54, 1.807) is 4.90 Å².